The molecule has 1 aliphatic heterocycles. The van der Waals surface area contributed by atoms with Gasteiger partial charge in [-0.2, -0.15) is 44.3 Å². The Morgan fingerprint density at radius 3 is 1.10 bits per heavy atom. The first-order valence-corrected chi connectivity index (χ1v) is 43.1. The van der Waals surface area contributed by atoms with Crippen LogP contribution in [0.4, 0.5) is 50.9 Å². The van der Waals surface area contributed by atoms with Gasteiger partial charge >= 0.3 is 0 Å². The average molecular weight is 1830 g/mol. The van der Waals surface area contributed by atoms with Crippen LogP contribution in [-0.2, 0) is 20.6 Å². The van der Waals surface area contributed by atoms with E-state index in [9.17, 15) is 23.6 Å². The molecule has 136 heavy (non-hydrogen) atoms. The van der Waals surface area contributed by atoms with Crippen molar-refractivity contribution in [3.8, 4) is 73.8 Å². The van der Waals surface area contributed by atoms with E-state index >= 15 is 0 Å². The summed E-state index contributed by atoms with van der Waals surface area (Å²) in [4.78, 5) is 122. The Bertz CT molecular complexity index is 7770. The van der Waals surface area contributed by atoms with Gasteiger partial charge in [0.1, 0.15) is 40.0 Å². The molecule has 8 N–H and O–H groups in total. The summed E-state index contributed by atoms with van der Waals surface area (Å²) >= 11 is 0. The molecule has 0 saturated heterocycles. The lowest BCUT2D eigenvalue weighted by Crippen LogP contribution is -2.21. The Hall–Kier alpha value is -17.2. The zero-order valence-corrected chi connectivity index (χ0v) is 79.0. The molecule has 0 spiro atoms. The molecule has 0 aliphatic carbocycles. The third-order valence-corrected chi connectivity index (χ3v) is 23.4. The highest BCUT2D eigenvalue weighted by Crippen LogP contribution is 2.43. The van der Waals surface area contributed by atoms with Gasteiger partial charge in [0.05, 0.1) is 91.4 Å². The Kier molecular flexibility index (Phi) is 25.9. The van der Waals surface area contributed by atoms with E-state index in [2.05, 4.69) is 153 Å². The number of imidazole rings is 2. The molecule has 0 fully saturated rings. The lowest BCUT2D eigenvalue weighted by Gasteiger charge is -2.14. The van der Waals surface area contributed by atoms with Crippen molar-refractivity contribution in [2.45, 2.75) is 48.1 Å². The molecular weight excluding hydrogens is 1730 g/mol. The van der Waals surface area contributed by atoms with Crippen LogP contribution in [0.15, 0.2) is 176 Å². The third kappa shape index (κ3) is 18.5. The number of nitrogens with zero attached hydrogens (tertiary/aromatic N) is 18. The fourth-order valence-electron chi connectivity index (χ4n) is 16.0. The molecule has 1 aliphatic rings. The average Bonchev–Trinajstić information content (AvgIpc) is 1.60. The fourth-order valence-corrected chi connectivity index (χ4v) is 16.0. The van der Waals surface area contributed by atoms with Gasteiger partial charge < -0.3 is 93.6 Å². The van der Waals surface area contributed by atoms with Crippen molar-refractivity contribution in [3.05, 3.63) is 238 Å². The standard InChI is InChI=1S/2C26H27N7O2.C26H26N6O3.C22H21FN6O2/c1-14-11-17(25(34)32(3)4)8-9-19(14)29-26-30-23-22(24(31-26)35-6)18(13-27-23)16-7-10-20-21(12-16)33(5)15(2)28-20;1-14-11-17(25(34)32(3)4)7-9-19(14)29-26-30-23-22(24(31-26)35-6)18(13-27-23)16-8-10-21-20(12-16)28-15(2)33(21)5;1-14-18-8-6-15(10-17(18)12-27-14)19-13-28-23-22(19)24(35-5)31-26(30-23)29-20-9-7-16(11-21(20)34-4)25(33)32(2)3;1-12-9-14(21(30)29(2)3)5-6-16(12)26-22-27-19-18(20(28-22)31-4)15(11-25-19)13-7-8-24-17(23)10-13/h2*7-13H,1-6H3,(H2,27,29,30,31);6-11,13H,12H2,1-5H3,(H2,28,29,30,31);5-11H,1-4H3,(H2,25,26,27,28). The Labute approximate surface area is 781 Å². The van der Waals surface area contributed by atoms with Crippen LogP contribution in [0, 0.1) is 40.6 Å². The van der Waals surface area contributed by atoms with Gasteiger partial charge in [0.2, 0.25) is 53.3 Å². The number of halogens is 1. The number of rotatable bonds is 21. The Balaban J connectivity index is 0.000000132. The predicted octanol–water partition coefficient (Wildman–Crippen LogP) is 17.5. The second-order valence-electron chi connectivity index (χ2n) is 33.2. The van der Waals surface area contributed by atoms with E-state index in [-0.39, 0.29) is 23.6 Å². The summed E-state index contributed by atoms with van der Waals surface area (Å²) in [6.07, 6.45) is 8.88. The van der Waals surface area contributed by atoms with Gasteiger partial charge in [-0.05, 0) is 195 Å². The van der Waals surface area contributed by atoms with Crippen molar-refractivity contribution in [3.63, 3.8) is 0 Å². The van der Waals surface area contributed by atoms with Crippen LogP contribution in [0.2, 0.25) is 0 Å². The SMILES string of the molecule is COc1cc(C(=O)N(C)C)ccc1Nc1nc(OC)c2c(-c3ccc4c(c3)CN=C4C)c[nH]c2n1.COc1nc(Nc2ccc(C(=O)N(C)C)cc2C)nc2[nH]cc(-c3ccc4c(c3)nc(C)n4C)c12.COc1nc(Nc2ccc(C(=O)N(C)C)cc2C)nc2[nH]cc(-c3ccc4nc(C)n(C)c4c3)c12.COc1nc(Nc2ccc(C(=O)N(C)C)cc2C)nc2[nH]cc(-c3ccnc(F)c3)c12. The van der Waals surface area contributed by atoms with E-state index in [0.717, 1.165) is 123 Å². The molecule has 0 radical (unpaired) electrons. The molecule has 7 aromatic carbocycles. The van der Waals surface area contributed by atoms with E-state index in [4.69, 9.17) is 23.7 Å². The maximum atomic E-state index is 13.6. The number of carbonyl (C=O) groups is 4. The minimum absolute atomic E-state index is 0.0441. The minimum Gasteiger partial charge on any atom is -0.495 e. The molecule has 35 nitrogen and oxygen atoms in total. The number of pyridine rings is 1. The molecule has 36 heteroatoms. The smallest absolute Gasteiger partial charge is 0.253 e. The monoisotopic (exact) mass is 1830 g/mol. The number of methoxy groups -OCH3 is 5. The number of benzene rings is 7. The van der Waals surface area contributed by atoms with Gasteiger partial charge in [0.15, 0.2) is 0 Å². The highest BCUT2D eigenvalue weighted by molar-refractivity contribution is 6.06. The van der Waals surface area contributed by atoms with Crippen molar-refractivity contribution in [1.29, 1.82) is 0 Å². The van der Waals surface area contributed by atoms with Crippen LogP contribution < -0.4 is 45.0 Å². The van der Waals surface area contributed by atoms with Gasteiger partial charge in [-0.3, -0.25) is 24.2 Å². The number of anilines is 8. The predicted molar refractivity (Wildman–Crippen MR) is 527 cm³/mol. The Morgan fingerprint density at radius 1 is 0.360 bits per heavy atom. The first-order chi connectivity index (χ1) is 65.3. The number of hydrogen-bond donors (Lipinski definition) is 8. The van der Waals surface area contributed by atoms with Gasteiger partial charge in [-0.15, -0.1) is 0 Å². The van der Waals surface area contributed by atoms with Crippen LogP contribution in [0.5, 0.6) is 29.3 Å². The van der Waals surface area contributed by atoms with E-state index in [1.807, 2.05) is 123 Å². The highest BCUT2D eigenvalue weighted by atomic mass is 19.1. The molecule has 0 bridgehead atoms. The number of H-pyrrole nitrogens is 4. The summed E-state index contributed by atoms with van der Waals surface area (Å²) in [7, 11) is 25.7. The van der Waals surface area contributed by atoms with Crippen molar-refractivity contribution in [1.82, 2.24) is 103 Å². The van der Waals surface area contributed by atoms with Crippen LogP contribution in [0.25, 0.3) is 111 Å². The molecule has 0 saturated carbocycles. The van der Waals surface area contributed by atoms with Crippen molar-refractivity contribution in [2.24, 2.45) is 19.1 Å². The van der Waals surface area contributed by atoms with Gasteiger partial charge in [0.25, 0.3) is 23.6 Å². The number of nitrogens with one attached hydrogen (secondary N) is 8. The fraction of sp³-hybridized carbons (Fsp3) is 0.220. The molecule has 692 valence electrons. The molecule has 0 unspecified atom stereocenters. The largest absolute Gasteiger partial charge is 0.495 e. The number of aliphatic imine (C=N–C) groups is 1. The maximum absolute atomic E-state index is 13.6. The van der Waals surface area contributed by atoms with Crippen LogP contribution in [0.3, 0.4) is 0 Å². The molecular formula is C100H101FN26O9. The summed E-state index contributed by atoms with van der Waals surface area (Å²) in [5.41, 5.74) is 25.3. The summed E-state index contributed by atoms with van der Waals surface area (Å²) in [6, 6.07) is 43.3. The minimum atomic E-state index is -0.573. The zero-order valence-electron chi connectivity index (χ0n) is 79.0. The summed E-state index contributed by atoms with van der Waals surface area (Å²) < 4.78 is 45.7. The number of ether oxygens (including phenoxy) is 5. The number of carbonyl (C=O) groups excluding carboxylic acids is 4. The van der Waals surface area contributed by atoms with Gasteiger partial charge in [0, 0.05) is 180 Å². The number of hydrogen-bond acceptors (Lipinski definition) is 25. The Morgan fingerprint density at radius 2 is 0.713 bits per heavy atom. The topological polar surface area (TPSA) is 403 Å². The van der Waals surface area contributed by atoms with E-state index < -0.39 is 5.95 Å². The second kappa shape index (κ2) is 38.3. The summed E-state index contributed by atoms with van der Waals surface area (Å²) in [5, 5.41) is 15.9. The van der Waals surface area contributed by atoms with Crippen LogP contribution in [0.1, 0.15) is 87.8 Å². The lowest BCUT2D eigenvalue weighted by molar-refractivity contribution is 0.0820. The lowest BCUT2D eigenvalue weighted by atomic mass is 9.99. The van der Waals surface area contributed by atoms with E-state index in [1.165, 1.54) is 40.3 Å². The zero-order chi connectivity index (χ0) is 96.5. The van der Waals surface area contributed by atoms with E-state index in [1.54, 1.807) is 143 Å². The summed E-state index contributed by atoms with van der Waals surface area (Å²) in [5.74, 6) is 4.76. The normalized spacial score (nSPS) is 11.4. The third-order valence-electron chi connectivity index (χ3n) is 23.4. The van der Waals surface area contributed by atoms with Crippen molar-refractivity contribution < 1.29 is 47.3 Å². The van der Waals surface area contributed by atoms with Crippen molar-refractivity contribution in [2.75, 3.05) is 113 Å². The number of fused-ring (bicyclic) bond motifs is 7. The second-order valence-corrected chi connectivity index (χ2v) is 33.2. The first kappa shape index (κ1) is 92.1. The van der Waals surface area contributed by atoms with Gasteiger partial charge in [-0.1, -0.05) is 24.3 Å². The van der Waals surface area contributed by atoms with E-state index in [0.29, 0.717) is 127 Å². The molecule has 12 heterocycles. The number of amides is 4. The molecule has 18 aromatic rings. The quantitative estimate of drug-likeness (QED) is 0.0310. The first-order valence-electron chi connectivity index (χ1n) is 43.1. The number of aromatic nitrogens is 17. The van der Waals surface area contributed by atoms with Crippen molar-refractivity contribution >= 4 is 142 Å². The number of aryl methyl sites for hydroxylation is 7. The molecule has 4 amide bonds. The molecule has 11 aromatic heterocycles. The maximum Gasteiger partial charge on any atom is 0.253 e. The molecule has 0 atom stereocenters. The van der Waals surface area contributed by atoms with Crippen LogP contribution in [-0.4, -0.2) is 225 Å². The van der Waals surface area contributed by atoms with Crippen LogP contribution >= 0.6 is 0 Å². The number of aromatic amines is 4. The van der Waals surface area contributed by atoms with Gasteiger partial charge in [-0.25, -0.2) is 15.0 Å². The summed E-state index contributed by atoms with van der Waals surface area (Å²) in [6.45, 7) is 12.5. The highest BCUT2D eigenvalue weighted by Gasteiger charge is 2.26. The molecule has 19 rings (SSSR count).